The topological polar surface area (TPSA) is 40.5 Å². The highest BCUT2D eigenvalue weighted by Crippen LogP contribution is 2.48. The predicted molar refractivity (Wildman–Crippen MR) is 51.0 cm³/mol. The average molecular weight is 199 g/mol. The maximum atomic E-state index is 9.84. The highest BCUT2D eigenvalue weighted by atomic mass is 35.5. The third kappa shape index (κ3) is 1.40. The van der Waals surface area contributed by atoms with Crippen LogP contribution in [-0.4, -0.2) is 10.2 Å². The Labute approximate surface area is 81.8 Å². The fraction of sp³-hybridized carbons (Fsp3) is 0.400. The summed E-state index contributed by atoms with van der Waals surface area (Å²) in [6, 6.07) is 3.24. The van der Waals surface area contributed by atoms with Crippen molar-refractivity contribution < 1.29 is 10.2 Å². The van der Waals surface area contributed by atoms with E-state index in [0.717, 1.165) is 24.0 Å². The molecule has 0 heterocycles. The van der Waals surface area contributed by atoms with Gasteiger partial charge in [-0.05, 0) is 43.0 Å². The maximum absolute atomic E-state index is 9.84. The van der Waals surface area contributed by atoms with Gasteiger partial charge < -0.3 is 10.2 Å². The molecule has 3 heteroatoms. The average Bonchev–Trinajstić information content (AvgIpc) is 2.77. The number of aryl methyl sites for hydroxylation is 1. The Kier molecular flexibility index (Phi) is 1.79. The quantitative estimate of drug-likeness (QED) is 0.727. The van der Waals surface area contributed by atoms with Crippen molar-refractivity contribution in [1.29, 1.82) is 0 Å². The lowest BCUT2D eigenvalue weighted by Crippen LogP contribution is -2.06. The van der Waals surface area contributed by atoms with Crippen LogP contribution in [0.25, 0.3) is 0 Å². The molecule has 13 heavy (non-hydrogen) atoms. The Morgan fingerprint density at radius 1 is 1.38 bits per heavy atom. The lowest BCUT2D eigenvalue weighted by molar-refractivity contribution is 0.150. The normalized spacial score (nSPS) is 18.7. The third-order valence-electron chi connectivity index (χ3n) is 2.52. The number of rotatable bonds is 1. The first kappa shape index (κ1) is 8.85. The van der Waals surface area contributed by atoms with Gasteiger partial charge in [0.1, 0.15) is 5.75 Å². The molecule has 1 fully saturated rings. The van der Waals surface area contributed by atoms with E-state index in [-0.39, 0.29) is 5.75 Å². The molecule has 0 aliphatic heterocycles. The van der Waals surface area contributed by atoms with Gasteiger partial charge in [-0.25, -0.2) is 0 Å². The Hall–Kier alpha value is -0.730. The minimum Gasteiger partial charge on any atom is -0.506 e. The molecule has 2 N–H and O–H groups in total. The molecule has 1 aromatic carbocycles. The summed E-state index contributed by atoms with van der Waals surface area (Å²) < 4.78 is 0. The van der Waals surface area contributed by atoms with Crippen molar-refractivity contribution in [3.63, 3.8) is 0 Å². The van der Waals surface area contributed by atoms with Crippen LogP contribution in [0.1, 0.15) is 24.0 Å². The summed E-state index contributed by atoms with van der Waals surface area (Å²) in [5.41, 5.74) is 1.03. The first-order chi connectivity index (χ1) is 6.03. The van der Waals surface area contributed by atoms with Gasteiger partial charge in [0.25, 0.3) is 0 Å². The van der Waals surface area contributed by atoms with Crippen LogP contribution in [0.3, 0.4) is 0 Å². The van der Waals surface area contributed by atoms with E-state index in [1.54, 1.807) is 12.1 Å². The zero-order valence-electron chi connectivity index (χ0n) is 7.34. The van der Waals surface area contributed by atoms with Gasteiger partial charge in [0.15, 0.2) is 0 Å². The predicted octanol–water partition coefficient (Wildman–Crippen LogP) is 2.34. The molecule has 1 aliphatic carbocycles. The van der Waals surface area contributed by atoms with Gasteiger partial charge in [-0.1, -0.05) is 11.6 Å². The van der Waals surface area contributed by atoms with E-state index in [4.69, 9.17) is 11.6 Å². The highest BCUT2D eigenvalue weighted by Gasteiger charge is 2.43. The smallest absolute Gasteiger partial charge is 0.134 e. The van der Waals surface area contributed by atoms with Crippen LogP contribution in [0.4, 0.5) is 0 Å². The fourth-order valence-electron chi connectivity index (χ4n) is 1.55. The summed E-state index contributed by atoms with van der Waals surface area (Å²) in [4.78, 5) is 0. The second kappa shape index (κ2) is 2.63. The minimum absolute atomic E-state index is 0.0441. The van der Waals surface area contributed by atoms with E-state index in [2.05, 4.69) is 0 Å². The number of hydrogen-bond acceptors (Lipinski definition) is 2. The van der Waals surface area contributed by atoms with Crippen LogP contribution in [0, 0.1) is 6.92 Å². The van der Waals surface area contributed by atoms with E-state index >= 15 is 0 Å². The van der Waals surface area contributed by atoms with Gasteiger partial charge in [-0.2, -0.15) is 0 Å². The first-order valence-corrected chi connectivity index (χ1v) is 4.63. The van der Waals surface area contributed by atoms with Crippen LogP contribution in [0.2, 0.25) is 5.02 Å². The van der Waals surface area contributed by atoms with Gasteiger partial charge in [0.05, 0.1) is 10.6 Å². The number of hydrogen-bond donors (Lipinski definition) is 2. The molecule has 2 rings (SSSR count). The standard InChI is InChI=1S/C10H11ClO2/c1-6-4-8(11)9(12)5-7(6)10(13)2-3-10/h4-5,12-13H,2-3H2,1H3. The van der Waals surface area contributed by atoms with Gasteiger partial charge in [0, 0.05) is 0 Å². The molecule has 1 saturated carbocycles. The van der Waals surface area contributed by atoms with E-state index in [1.807, 2.05) is 6.92 Å². The van der Waals surface area contributed by atoms with Crippen molar-refractivity contribution in [1.82, 2.24) is 0 Å². The van der Waals surface area contributed by atoms with E-state index in [0.29, 0.717) is 5.02 Å². The summed E-state index contributed by atoms with van der Waals surface area (Å²) in [5.74, 6) is 0.0441. The molecule has 0 spiro atoms. The molecule has 0 radical (unpaired) electrons. The van der Waals surface area contributed by atoms with E-state index in [9.17, 15) is 10.2 Å². The molecule has 1 aromatic rings. The Bertz CT molecular complexity index is 356. The van der Waals surface area contributed by atoms with Gasteiger partial charge >= 0.3 is 0 Å². The fourth-order valence-corrected chi connectivity index (χ4v) is 1.77. The molecule has 0 aromatic heterocycles. The van der Waals surface area contributed by atoms with Crippen molar-refractivity contribution in [3.8, 4) is 5.75 Å². The molecule has 70 valence electrons. The molecule has 0 saturated heterocycles. The first-order valence-electron chi connectivity index (χ1n) is 4.25. The second-order valence-electron chi connectivity index (χ2n) is 3.65. The zero-order chi connectivity index (χ0) is 9.64. The summed E-state index contributed by atoms with van der Waals surface area (Å²) in [6.07, 6.45) is 1.55. The van der Waals surface area contributed by atoms with Crippen LogP contribution in [-0.2, 0) is 5.60 Å². The summed E-state index contributed by atoms with van der Waals surface area (Å²) in [5, 5.41) is 19.6. The number of phenols is 1. The zero-order valence-corrected chi connectivity index (χ0v) is 8.10. The molecular formula is C10H11ClO2. The molecule has 0 unspecified atom stereocenters. The Balaban J connectivity index is 2.52. The van der Waals surface area contributed by atoms with Gasteiger partial charge in [-0.3, -0.25) is 0 Å². The Morgan fingerprint density at radius 2 is 2.00 bits per heavy atom. The lowest BCUT2D eigenvalue weighted by atomic mass is 10.0. The molecule has 0 bridgehead atoms. The molecule has 0 atom stereocenters. The van der Waals surface area contributed by atoms with Gasteiger partial charge in [0.2, 0.25) is 0 Å². The number of aromatic hydroxyl groups is 1. The van der Waals surface area contributed by atoms with E-state index in [1.165, 1.54) is 0 Å². The van der Waals surface area contributed by atoms with Crippen molar-refractivity contribution in [2.45, 2.75) is 25.4 Å². The number of halogens is 1. The second-order valence-corrected chi connectivity index (χ2v) is 4.06. The van der Waals surface area contributed by atoms with Crippen molar-refractivity contribution in [2.24, 2.45) is 0 Å². The summed E-state index contributed by atoms with van der Waals surface area (Å²) in [7, 11) is 0. The molecule has 1 aliphatic rings. The Morgan fingerprint density at radius 3 is 2.54 bits per heavy atom. The minimum atomic E-state index is -0.702. The van der Waals surface area contributed by atoms with Crippen LogP contribution in [0.5, 0.6) is 5.75 Å². The van der Waals surface area contributed by atoms with Crippen LogP contribution in [0.15, 0.2) is 12.1 Å². The molecule has 0 amide bonds. The monoisotopic (exact) mass is 198 g/mol. The van der Waals surface area contributed by atoms with Gasteiger partial charge in [-0.15, -0.1) is 0 Å². The van der Waals surface area contributed by atoms with Crippen molar-refractivity contribution >= 4 is 11.6 Å². The SMILES string of the molecule is Cc1cc(Cl)c(O)cc1C1(O)CC1. The largest absolute Gasteiger partial charge is 0.506 e. The highest BCUT2D eigenvalue weighted by molar-refractivity contribution is 6.32. The summed E-state index contributed by atoms with van der Waals surface area (Å²) >= 11 is 5.72. The van der Waals surface area contributed by atoms with Crippen LogP contribution < -0.4 is 0 Å². The maximum Gasteiger partial charge on any atom is 0.134 e. The van der Waals surface area contributed by atoms with Crippen molar-refractivity contribution in [3.05, 3.63) is 28.3 Å². The summed E-state index contributed by atoms with van der Waals surface area (Å²) in [6.45, 7) is 1.89. The van der Waals surface area contributed by atoms with Crippen LogP contribution >= 0.6 is 11.6 Å². The number of aliphatic hydroxyl groups is 1. The van der Waals surface area contributed by atoms with E-state index < -0.39 is 5.60 Å². The molecular weight excluding hydrogens is 188 g/mol. The third-order valence-corrected chi connectivity index (χ3v) is 2.82. The number of phenolic OH excluding ortho intramolecular Hbond substituents is 1. The lowest BCUT2D eigenvalue weighted by Gasteiger charge is -2.12. The van der Waals surface area contributed by atoms with Crippen molar-refractivity contribution in [2.75, 3.05) is 0 Å². The number of benzene rings is 1. The molecule has 2 nitrogen and oxygen atoms in total.